The van der Waals surface area contributed by atoms with Gasteiger partial charge in [0, 0.05) is 13.1 Å². The molecule has 18 heavy (non-hydrogen) atoms. The maximum Gasteiger partial charge on any atom is 0.246 e. The quantitative estimate of drug-likeness (QED) is 0.842. The van der Waals surface area contributed by atoms with Crippen molar-refractivity contribution in [3.8, 4) is 0 Å². The van der Waals surface area contributed by atoms with Crippen LogP contribution in [0.4, 0.5) is 4.39 Å². The lowest BCUT2D eigenvalue weighted by Gasteiger charge is -2.23. The van der Waals surface area contributed by atoms with Crippen LogP contribution in [0.3, 0.4) is 0 Å². The standard InChI is InChI=1S/C12H14FNO3S/c13-11-5-4-10(9-15)8-12(11)18(16,17)14-6-2-1-3-7-14/h1-2,4-5,8,15H,3,6-7,9H2. The summed E-state index contributed by atoms with van der Waals surface area (Å²) in [4.78, 5) is -0.371. The molecule has 0 atom stereocenters. The van der Waals surface area contributed by atoms with Crippen molar-refractivity contribution >= 4 is 10.0 Å². The fourth-order valence-corrected chi connectivity index (χ4v) is 3.34. The topological polar surface area (TPSA) is 57.6 Å². The Morgan fingerprint density at radius 3 is 2.72 bits per heavy atom. The van der Waals surface area contributed by atoms with Gasteiger partial charge >= 0.3 is 0 Å². The fourth-order valence-electron chi connectivity index (χ4n) is 1.82. The van der Waals surface area contributed by atoms with Gasteiger partial charge in [-0.2, -0.15) is 4.31 Å². The average Bonchev–Trinajstić information content (AvgIpc) is 2.40. The van der Waals surface area contributed by atoms with Crippen LogP contribution in [0.25, 0.3) is 0 Å². The van der Waals surface area contributed by atoms with E-state index in [0.717, 1.165) is 6.07 Å². The van der Waals surface area contributed by atoms with E-state index < -0.39 is 15.8 Å². The number of hydrogen-bond donors (Lipinski definition) is 1. The van der Waals surface area contributed by atoms with Gasteiger partial charge in [0.2, 0.25) is 10.0 Å². The number of nitrogens with zero attached hydrogens (tertiary/aromatic N) is 1. The first kappa shape index (κ1) is 13.2. The van der Waals surface area contributed by atoms with Crippen molar-refractivity contribution in [3.63, 3.8) is 0 Å². The third kappa shape index (κ3) is 2.45. The molecule has 2 rings (SSSR count). The van der Waals surface area contributed by atoms with Crippen molar-refractivity contribution in [2.45, 2.75) is 17.9 Å². The second-order valence-corrected chi connectivity index (χ2v) is 5.95. The summed E-state index contributed by atoms with van der Waals surface area (Å²) in [6.45, 7) is 0.287. The van der Waals surface area contributed by atoms with Crippen LogP contribution in [-0.2, 0) is 16.6 Å². The van der Waals surface area contributed by atoms with Gasteiger partial charge in [0.25, 0.3) is 0 Å². The van der Waals surface area contributed by atoms with Crippen LogP contribution in [0.15, 0.2) is 35.2 Å². The third-order valence-electron chi connectivity index (χ3n) is 2.82. The monoisotopic (exact) mass is 271 g/mol. The highest BCUT2D eigenvalue weighted by atomic mass is 32.2. The number of aliphatic hydroxyl groups excluding tert-OH is 1. The lowest BCUT2D eigenvalue weighted by Crippen LogP contribution is -2.34. The zero-order valence-electron chi connectivity index (χ0n) is 9.71. The second-order valence-electron chi connectivity index (χ2n) is 4.05. The molecule has 0 spiro atoms. The van der Waals surface area contributed by atoms with Crippen molar-refractivity contribution in [1.82, 2.24) is 4.31 Å². The zero-order chi connectivity index (χ0) is 13.2. The number of sulfonamides is 1. The molecule has 1 heterocycles. The molecule has 1 aliphatic heterocycles. The summed E-state index contributed by atoms with van der Waals surface area (Å²) in [5, 5.41) is 8.99. The summed E-state index contributed by atoms with van der Waals surface area (Å²) in [5.74, 6) is -0.790. The number of halogens is 1. The van der Waals surface area contributed by atoms with Crippen LogP contribution < -0.4 is 0 Å². The van der Waals surface area contributed by atoms with E-state index in [2.05, 4.69) is 0 Å². The van der Waals surface area contributed by atoms with Crippen LogP contribution in [0.1, 0.15) is 12.0 Å². The Kier molecular flexibility index (Phi) is 3.79. The third-order valence-corrected chi connectivity index (χ3v) is 4.70. The number of benzene rings is 1. The Hall–Kier alpha value is -1.24. The maximum absolute atomic E-state index is 13.7. The van der Waals surface area contributed by atoms with Gasteiger partial charge < -0.3 is 5.11 Å². The summed E-state index contributed by atoms with van der Waals surface area (Å²) >= 11 is 0. The van der Waals surface area contributed by atoms with Gasteiger partial charge in [0.15, 0.2) is 0 Å². The van der Waals surface area contributed by atoms with Gasteiger partial charge in [-0.25, -0.2) is 12.8 Å². The van der Waals surface area contributed by atoms with Crippen molar-refractivity contribution in [2.75, 3.05) is 13.1 Å². The molecule has 1 aliphatic rings. The highest BCUT2D eigenvalue weighted by Crippen LogP contribution is 2.22. The van der Waals surface area contributed by atoms with Crippen LogP contribution in [-0.4, -0.2) is 30.9 Å². The minimum atomic E-state index is -3.83. The first-order valence-electron chi connectivity index (χ1n) is 5.60. The molecule has 0 bridgehead atoms. The van der Waals surface area contributed by atoms with Crippen LogP contribution >= 0.6 is 0 Å². The van der Waals surface area contributed by atoms with Gasteiger partial charge in [0.05, 0.1) is 6.61 Å². The Balaban J connectivity index is 2.43. The lowest BCUT2D eigenvalue weighted by atomic mass is 10.2. The van der Waals surface area contributed by atoms with E-state index in [9.17, 15) is 12.8 Å². The lowest BCUT2D eigenvalue weighted by molar-refractivity contribution is 0.281. The normalized spacial score (nSPS) is 17.0. The van der Waals surface area contributed by atoms with E-state index in [-0.39, 0.29) is 18.0 Å². The molecule has 6 heteroatoms. The second kappa shape index (κ2) is 5.17. The zero-order valence-corrected chi connectivity index (χ0v) is 10.5. The molecule has 98 valence electrons. The molecule has 0 fully saturated rings. The van der Waals surface area contributed by atoms with Crippen molar-refractivity contribution in [2.24, 2.45) is 0 Å². The van der Waals surface area contributed by atoms with E-state index in [4.69, 9.17) is 5.11 Å². The predicted molar refractivity (Wildman–Crippen MR) is 64.8 cm³/mol. The summed E-state index contributed by atoms with van der Waals surface area (Å²) in [5.41, 5.74) is 0.377. The largest absolute Gasteiger partial charge is 0.392 e. The van der Waals surface area contributed by atoms with Gasteiger partial charge in [-0.05, 0) is 24.1 Å². The molecular weight excluding hydrogens is 257 g/mol. The molecule has 0 saturated carbocycles. The molecule has 1 aromatic rings. The summed E-state index contributed by atoms with van der Waals surface area (Å²) < 4.78 is 39.4. The van der Waals surface area contributed by atoms with Crippen LogP contribution in [0, 0.1) is 5.82 Å². The molecule has 0 aromatic heterocycles. The molecule has 1 N–H and O–H groups in total. The molecule has 4 nitrogen and oxygen atoms in total. The molecule has 0 radical (unpaired) electrons. The Bertz CT molecular complexity index is 569. The average molecular weight is 271 g/mol. The minimum absolute atomic E-state index is 0.255. The van der Waals surface area contributed by atoms with E-state index in [1.807, 2.05) is 6.08 Å². The van der Waals surface area contributed by atoms with E-state index in [1.165, 1.54) is 16.4 Å². The molecule has 0 amide bonds. The van der Waals surface area contributed by atoms with Crippen molar-refractivity contribution in [3.05, 3.63) is 41.7 Å². The Labute approximate surface area is 105 Å². The van der Waals surface area contributed by atoms with E-state index >= 15 is 0 Å². The van der Waals surface area contributed by atoms with Crippen molar-refractivity contribution < 1.29 is 17.9 Å². The van der Waals surface area contributed by atoms with E-state index in [0.29, 0.717) is 18.5 Å². The Morgan fingerprint density at radius 1 is 1.33 bits per heavy atom. The molecule has 0 unspecified atom stereocenters. The molecule has 1 aromatic carbocycles. The maximum atomic E-state index is 13.7. The summed E-state index contributed by atoms with van der Waals surface area (Å²) in [6.07, 6.45) is 4.27. The summed E-state index contributed by atoms with van der Waals surface area (Å²) in [7, 11) is -3.83. The van der Waals surface area contributed by atoms with Gasteiger partial charge in [-0.3, -0.25) is 0 Å². The molecule has 0 aliphatic carbocycles. The van der Waals surface area contributed by atoms with Gasteiger partial charge in [-0.15, -0.1) is 0 Å². The molecular formula is C12H14FNO3S. The predicted octanol–water partition coefficient (Wildman–Crippen LogP) is 1.27. The first-order valence-corrected chi connectivity index (χ1v) is 7.04. The summed E-state index contributed by atoms with van der Waals surface area (Å²) in [6, 6.07) is 3.62. The number of hydrogen-bond acceptors (Lipinski definition) is 3. The molecule has 0 saturated heterocycles. The first-order chi connectivity index (χ1) is 8.55. The van der Waals surface area contributed by atoms with E-state index in [1.54, 1.807) is 6.08 Å². The van der Waals surface area contributed by atoms with Crippen molar-refractivity contribution in [1.29, 1.82) is 0 Å². The SMILES string of the molecule is O=S(=O)(c1cc(CO)ccc1F)N1CC=CCC1. The smallest absolute Gasteiger partial charge is 0.246 e. The fraction of sp³-hybridized carbons (Fsp3) is 0.333. The number of aliphatic hydroxyl groups is 1. The van der Waals surface area contributed by atoms with Crippen LogP contribution in [0.5, 0.6) is 0 Å². The number of rotatable bonds is 3. The van der Waals surface area contributed by atoms with Gasteiger partial charge in [0.1, 0.15) is 10.7 Å². The van der Waals surface area contributed by atoms with Crippen LogP contribution in [0.2, 0.25) is 0 Å². The van der Waals surface area contributed by atoms with Gasteiger partial charge in [-0.1, -0.05) is 18.2 Å². The Morgan fingerprint density at radius 2 is 2.11 bits per heavy atom. The highest BCUT2D eigenvalue weighted by Gasteiger charge is 2.27. The highest BCUT2D eigenvalue weighted by molar-refractivity contribution is 7.89. The minimum Gasteiger partial charge on any atom is -0.392 e.